The van der Waals surface area contributed by atoms with Gasteiger partial charge < -0.3 is 30.6 Å². The molecule has 4 aliphatic carbocycles. The molecule has 0 aliphatic heterocycles. The number of aliphatic hydroxyl groups is 6. The minimum atomic E-state index is -0.716. The van der Waals surface area contributed by atoms with Crippen molar-refractivity contribution in [1.82, 2.24) is 0 Å². The molecule has 12 atom stereocenters. The first kappa shape index (κ1) is 25.8. The number of fused-ring (bicyclic) bond motifs is 5. The average Bonchev–Trinajstić information content (AvgIpc) is 3.13. The Morgan fingerprint density at radius 1 is 0.879 bits per heavy atom. The molecule has 4 aliphatic rings. The van der Waals surface area contributed by atoms with Crippen molar-refractivity contribution in [1.29, 1.82) is 0 Å². The zero-order chi connectivity index (χ0) is 24.1. The van der Waals surface area contributed by atoms with E-state index in [2.05, 4.69) is 20.8 Å². The van der Waals surface area contributed by atoms with E-state index in [1.54, 1.807) is 0 Å². The van der Waals surface area contributed by atoms with E-state index < -0.39 is 18.1 Å². The number of hydrogen-bond acceptors (Lipinski definition) is 6. The van der Waals surface area contributed by atoms with Crippen molar-refractivity contribution in [3.63, 3.8) is 0 Å². The molecule has 192 valence electrons. The molecule has 0 amide bonds. The third-order valence-electron chi connectivity index (χ3n) is 11.5. The van der Waals surface area contributed by atoms with Crippen molar-refractivity contribution in [2.24, 2.45) is 52.3 Å². The van der Waals surface area contributed by atoms with Crippen LogP contribution in [0.1, 0.15) is 78.6 Å². The fourth-order valence-corrected chi connectivity index (χ4v) is 9.30. The fraction of sp³-hybridized carbons (Fsp3) is 1.00. The Morgan fingerprint density at radius 3 is 2.24 bits per heavy atom. The van der Waals surface area contributed by atoms with E-state index >= 15 is 0 Å². The van der Waals surface area contributed by atoms with Crippen LogP contribution in [-0.4, -0.2) is 68.3 Å². The van der Waals surface area contributed by atoms with E-state index in [9.17, 15) is 30.6 Å². The van der Waals surface area contributed by atoms with Crippen LogP contribution < -0.4 is 0 Å². The van der Waals surface area contributed by atoms with Crippen LogP contribution in [-0.2, 0) is 0 Å². The Bertz CT molecular complexity index is 669. The average molecular weight is 469 g/mol. The highest BCUT2D eigenvalue weighted by Gasteiger charge is 2.65. The minimum absolute atomic E-state index is 0.0862. The van der Waals surface area contributed by atoms with E-state index in [1.807, 2.05) is 0 Å². The Morgan fingerprint density at radius 2 is 1.58 bits per heavy atom. The lowest BCUT2D eigenvalue weighted by Crippen LogP contribution is -2.62. The third-order valence-corrected chi connectivity index (χ3v) is 11.5. The summed E-state index contributed by atoms with van der Waals surface area (Å²) in [6.45, 7) is 6.39. The van der Waals surface area contributed by atoms with Crippen LogP contribution in [0.3, 0.4) is 0 Å². The predicted octanol–water partition coefficient (Wildman–Crippen LogP) is 2.33. The van der Waals surface area contributed by atoms with E-state index in [1.165, 1.54) is 0 Å². The van der Waals surface area contributed by atoms with Gasteiger partial charge in [-0.2, -0.15) is 0 Å². The van der Waals surface area contributed by atoms with Gasteiger partial charge in [0.2, 0.25) is 0 Å². The normalized spacial score (nSPS) is 49.3. The first-order chi connectivity index (χ1) is 15.6. The van der Waals surface area contributed by atoms with Crippen LogP contribution >= 0.6 is 0 Å². The van der Waals surface area contributed by atoms with Gasteiger partial charge in [-0.05, 0) is 104 Å². The molecule has 4 saturated carbocycles. The highest BCUT2D eigenvalue weighted by atomic mass is 16.3. The second-order valence-electron chi connectivity index (χ2n) is 12.8. The molecule has 0 radical (unpaired) electrons. The summed E-state index contributed by atoms with van der Waals surface area (Å²) in [5.74, 6) is 1.29. The van der Waals surface area contributed by atoms with Crippen molar-refractivity contribution in [2.45, 2.75) is 103 Å². The second-order valence-corrected chi connectivity index (χ2v) is 12.8. The van der Waals surface area contributed by atoms with Crippen LogP contribution in [0.5, 0.6) is 0 Å². The SMILES string of the molecule is C[C@H](CC[C@@H](O)C(CO)CO)[C@H]1CC[C@H]2[C@@H]3[C@H](O)C[C@@H]4C[C@@H](O)CC[C@]4(C)[C@H]3C[C@H](O)[C@]12C. The van der Waals surface area contributed by atoms with E-state index in [-0.39, 0.29) is 42.2 Å². The summed E-state index contributed by atoms with van der Waals surface area (Å²) >= 11 is 0. The Labute approximate surface area is 199 Å². The van der Waals surface area contributed by atoms with Crippen LogP contribution in [0.2, 0.25) is 0 Å². The lowest BCUT2D eigenvalue weighted by Gasteiger charge is -2.63. The maximum atomic E-state index is 11.6. The predicted molar refractivity (Wildman–Crippen MR) is 126 cm³/mol. The smallest absolute Gasteiger partial charge is 0.0612 e. The van der Waals surface area contributed by atoms with E-state index in [4.69, 9.17) is 0 Å². The molecule has 0 spiro atoms. The van der Waals surface area contributed by atoms with E-state index in [0.717, 1.165) is 51.4 Å². The fourth-order valence-electron chi connectivity index (χ4n) is 9.30. The van der Waals surface area contributed by atoms with Crippen LogP contribution in [0.15, 0.2) is 0 Å². The molecule has 0 heterocycles. The van der Waals surface area contributed by atoms with Gasteiger partial charge in [0.25, 0.3) is 0 Å². The Balaban J connectivity index is 1.51. The Hall–Kier alpha value is -0.240. The standard InChI is InChI=1S/C27H48O6/c1-15(4-7-22(31)16(13-28)14-29)19-5-6-20-25-21(12-24(33)27(19,20)3)26(2)9-8-18(30)10-17(26)11-23(25)32/h15-25,28-33H,4-14H2,1-3H3/t15-,17+,18+,19-,20+,21+,22-,23-,24+,25+,26+,27-/m1/s1. The van der Waals surface area contributed by atoms with Crippen molar-refractivity contribution >= 4 is 0 Å². The summed E-state index contributed by atoms with van der Waals surface area (Å²) < 4.78 is 0. The summed E-state index contributed by atoms with van der Waals surface area (Å²) in [7, 11) is 0. The zero-order valence-electron chi connectivity index (χ0n) is 20.8. The second kappa shape index (κ2) is 9.67. The Kier molecular flexibility index (Phi) is 7.57. The number of aliphatic hydroxyl groups excluding tert-OH is 6. The number of hydrogen-bond donors (Lipinski definition) is 6. The lowest BCUT2D eigenvalue weighted by molar-refractivity contribution is -0.207. The monoisotopic (exact) mass is 468 g/mol. The topological polar surface area (TPSA) is 121 Å². The van der Waals surface area contributed by atoms with Crippen molar-refractivity contribution in [3.8, 4) is 0 Å². The molecule has 0 unspecified atom stereocenters. The summed E-state index contributed by atoms with van der Waals surface area (Å²) in [4.78, 5) is 0. The summed E-state index contributed by atoms with van der Waals surface area (Å²) in [6.07, 6.45) is 5.77. The zero-order valence-corrected chi connectivity index (χ0v) is 20.8. The molecule has 0 saturated heterocycles. The molecule has 0 aromatic carbocycles. The first-order valence-corrected chi connectivity index (χ1v) is 13.5. The van der Waals surface area contributed by atoms with Crippen molar-refractivity contribution in [3.05, 3.63) is 0 Å². The molecule has 0 aromatic rings. The van der Waals surface area contributed by atoms with Gasteiger partial charge in [0.05, 0.1) is 37.6 Å². The third kappa shape index (κ3) is 4.21. The van der Waals surface area contributed by atoms with Gasteiger partial charge in [0.1, 0.15) is 0 Å². The van der Waals surface area contributed by atoms with Crippen molar-refractivity contribution < 1.29 is 30.6 Å². The molecule has 6 N–H and O–H groups in total. The molecule has 4 rings (SSSR count). The molecule has 6 heteroatoms. The largest absolute Gasteiger partial charge is 0.396 e. The van der Waals surface area contributed by atoms with Gasteiger partial charge in [0, 0.05) is 5.92 Å². The molecular formula is C27H48O6. The molecule has 4 fully saturated rings. The van der Waals surface area contributed by atoms with Gasteiger partial charge in [-0.1, -0.05) is 20.8 Å². The molecule has 0 aromatic heterocycles. The van der Waals surface area contributed by atoms with Crippen LogP contribution in [0.25, 0.3) is 0 Å². The number of rotatable bonds is 7. The highest BCUT2D eigenvalue weighted by molar-refractivity contribution is 5.14. The maximum Gasteiger partial charge on any atom is 0.0612 e. The van der Waals surface area contributed by atoms with Crippen LogP contribution in [0.4, 0.5) is 0 Å². The van der Waals surface area contributed by atoms with E-state index in [0.29, 0.717) is 36.0 Å². The minimum Gasteiger partial charge on any atom is -0.396 e. The lowest BCUT2D eigenvalue weighted by atomic mass is 9.43. The highest BCUT2D eigenvalue weighted by Crippen LogP contribution is 2.68. The van der Waals surface area contributed by atoms with Gasteiger partial charge in [-0.15, -0.1) is 0 Å². The van der Waals surface area contributed by atoms with Gasteiger partial charge in [0.15, 0.2) is 0 Å². The summed E-state index contributed by atoms with van der Waals surface area (Å²) in [6, 6.07) is 0. The van der Waals surface area contributed by atoms with Gasteiger partial charge in [-0.3, -0.25) is 0 Å². The summed E-state index contributed by atoms with van der Waals surface area (Å²) in [5, 5.41) is 62.4. The quantitative estimate of drug-likeness (QED) is 0.341. The molecular weight excluding hydrogens is 420 g/mol. The van der Waals surface area contributed by atoms with Gasteiger partial charge >= 0.3 is 0 Å². The van der Waals surface area contributed by atoms with Crippen molar-refractivity contribution in [2.75, 3.05) is 13.2 Å². The molecule has 33 heavy (non-hydrogen) atoms. The molecule has 6 nitrogen and oxygen atoms in total. The first-order valence-electron chi connectivity index (χ1n) is 13.5. The van der Waals surface area contributed by atoms with Crippen LogP contribution in [0, 0.1) is 52.3 Å². The van der Waals surface area contributed by atoms with Gasteiger partial charge in [-0.25, -0.2) is 0 Å². The molecule has 0 bridgehead atoms. The summed E-state index contributed by atoms with van der Waals surface area (Å²) in [5.41, 5.74) is -0.153. The maximum absolute atomic E-state index is 11.6.